The van der Waals surface area contributed by atoms with E-state index in [1.165, 1.54) is 17.9 Å². The molecule has 0 aliphatic heterocycles. The molecule has 1 heterocycles. The van der Waals surface area contributed by atoms with Crippen LogP contribution in [0.25, 0.3) is 0 Å². The molecule has 1 aromatic heterocycles. The van der Waals surface area contributed by atoms with E-state index in [9.17, 15) is 13.6 Å². The quantitative estimate of drug-likeness (QED) is 0.784. The molecule has 6 heteroatoms. The topological polar surface area (TPSA) is 44.1 Å². The molecule has 2 rings (SSSR count). The molecule has 0 fully saturated rings. The lowest BCUT2D eigenvalue weighted by molar-refractivity contribution is 0.103. The molecular weight excluding hydrogens is 242 g/mol. The van der Waals surface area contributed by atoms with E-state index < -0.39 is 17.4 Å². The van der Waals surface area contributed by atoms with E-state index >= 15 is 0 Å². The smallest absolute Gasteiger partial charge is 0.216 e. The molecule has 4 nitrogen and oxygen atoms in total. The van der Waals surface area contributed by atoms with Crippen LogP contribution in [0, 0.1) is 11.6 Å². The van der Waals surface area contributed by atoms with Gasteiger partial charge in [0.1, 0.15) is 17.3 Å². The molecule has 0 spiro atoms. The van der Waals surface area contributed by atoms with Gasteiger partial charge in [0, 0.05) is 19.2 Å². The van der Waals surface area contributed by atoms with Crippen LogP contribution in [0.1, 0.15) is 16.1 Å². The second-order valence-corrected chi connectivity index (χ2v) is 3.65. The Hall–Kier alpha value is -2.24. The Kier molecular flexibility index (Phi) is 3.10. The van der Waals surface area contributed by atoms with Crippen molar-refractivity contribution in [1.29, 1.82) is 0 Å². The predicted molar refractivity (Wildman–Crippen MR) is 59.6 cm³/mol. The zero-order chi connectivity index (χ0) is 13.3. The summed E-state index contributed by atoms with van der Waals surface area (Å²) in [5.41, 5.74) is -0.183. The number of hydrogen-bond donors (Lipinski definition) is 0. The van der Waals surface area contributed by atoms with Crippen molar-refractivity contribution in [2.24, 2.45) is 7.05 Å². The molecule has 0 saturated carbocycles. The van der Waals surface area contributed by atoms with Gasteiger partial charge in [0.05, 0.1) is 12.7 Å². The van der Waals surface area contributed by atoms with E-state index in [1.54, 1.807) is 7.05 Å². The maximum atomic E-state index is 13.4. The van der Waals surface area contributed by atoms with Gasteiger partial charge in [0.2, 0.25) is 11.7 Å². The van der Waals surface area contributed by atoms with Gasteiger partial charge in [-0.3, -0.25) is 4.79 Å². The maximum Gasteiger partial charge on any atom is 0.216 e. The number of halogens is 2. The molecule has 0 radical (unpaired) electrons. The Morgan fingerprint density at radius 2 is 2.06 bits per heavy atom. The Morgan fingerprint density at radius 3 is 2.61 bits per heavy atom. The van der Waals surface area contributed by atoms with Crippen molar-refractivity contribution in [3.63, 3.8) is 0 Å². The highest BCUT2D eigenvalue weighted by Gasteiger charge is 2.18. The molecule has 18 heavy (non-hydrogen) atoms. The van der Waals surface area contributed by atoms with Crippen molar-refractivity contribution in [2.75, 3.05) is 7.11 Å². The fourth-order valence-electron chi connectivity index (χ4n) is 1.56. The third-order valence-corrected chi connectivity index (χ3v) is 2.45. The molecule has 0 aliphatic carbocycles. The highest BCUT2D eigenvalue weighted by Crippen LogP contribution is 2.17. The second-order valence-electron chi connectivity index (χ2n) is 3.65. The lowest BCUT2D eigenvalue weighted by Gasteiger charge is -1.99. The molecule has 0 bridgehead atoms. The van der Waals surface area contributed by atoms with Crippen molar-refractivity contribution in [3.05, 3.63) is 47.2 Å². The first-order valence-electron chi connectivity index (χ1n) is 5.10. The first kappa shape index (κ1) is 12.2. The van der Waals surface area contributed by atoms with Gasteiger partial charge in [-0.05, 0) is 12.1 Å². The van der Waals surface area contributed by atoms with Crippen LogP contribution in [0.3, 0.4) is 0 Å². The summed E-state index contributed by atoms with van der Waals surface area (Å²) in [4.78, 5) is 12.0. The minimum Gasteiger partial charge on any atom is -0.481 e. The Balaban J connectivity index is 2.41. The van der Waals surface area contributed by atoms with Crippen LogP contribution >= 0.6 is 0 Å². The van der Waals surface area contributed by atoms with Crippen LogP contribution in [0.5, 0.6) is 5.88 Å². The Labute approximate surface area is 102 Å². The highest BCUT2D eigenvalue weighted by molar-refractivity contribution is 6.08. The molecule has 94 valence electrons. The number of aromatic nitrogens is 2. The van der Waals surface area contributed by atoms with Gasteiger partial charge in [0.15, 0.2) is 0 Å². The molecule has 0 saturated heterocycles. The summed E-state index contributed by atoms with van der Waals surface area (Å²) in [6.07, 6.45) is 0. The van der Waals surface area contributed by atoms with Crippen LogP contribution in [0.2, 0.25) is 0 Å². The summed E-state index contributed by atoms with van der Waals surface area (Å²) in [7, 11) is 3.03. The van der Waals surface area contributed by atoms with Gasteiger partial charge in [0.25, 0.3) is 0 Å². The van der Waals surface area contributed by atoms with Gasteiger partial charge in [-0.2, -0.15) is 5.10 Å². The van der Waals surface area contributed by atoms with E-state index in [0.717, 1.165) is 12.1 Å². The van der Waals surface area contributed by atoms with E-state index in [-0.39, 0.29) is 11.3 Å². The summed E-state index contributed by atoms with van der Waals surface area (Å²) in [6, 6.07) is 4.17. The highest BCUT2D eigenvalue weighted by atomic mass is 19.1. The average molecular weight is 252 g/mol. The van der Waals surface area contributed by atoms with Gasteiger partial charge in [-0.1, -0.05) is 0 Å². The van der Waals surface area contributed by atoms with Crippen molar-refractivity contribution >= 4 is 5.78 Å². The van der Waals surface area contributed by atoms with E-state index in [1.807, 2.05) is 0 Å². The molecule has 1 aromatic carbocycles. The Bertz CT molecular complexity index is 608. The number of carbonyl (C=O) groups excluding carboxylic acids is 1. The summed E-state index contributed by atoms with van der Waals surface area (Å²) >= 11 is 0. The standard InChI is InChI=1S/C12H10F2N2O2/c1-16-11(18-2)6-10(15-16)12(17)8-4-3-7(13)5-9(8)14/h3-6H,1-2H3. The molecule has 0 unspecified atom stereocenters. The molecular formula is C12H10F2N2O2. The number of hydrogen-bond acceptors (Lipinski definition) is 3. The van der Waals surface area contributed by atoms with Crippen molar-refractivity contribution < 1.29 is 18.3 Å². The molecule has 0 N–H and O–H groups in total. The van der Waals surface area contributed by atoms with Crippen LogP contribution in [0.4, 0.5) is 8.78 Å². The van der Waals surface area contributed by atoms with Gasteiger partial charge >= 0.3 is 0 Å². The van der Waals surface area contributed by atoms with Crippen LogP contribution in [-0.2, 0) is 7.05 Å². The van der Waals surface area contributed by atoms with Crippen molar-refractivity contribution in [2.45, 2.75) is 0 Å². The van der Waals surface area contributed by atoms with Gasteiger partial charge in [-0.25, -0.2) is 13.5 Å². The van der Waals surface area contributed by atoms with Gasteiger partial charge in [-0.15, -0.1) is 0 Å². The van der Waals surface area contributed by atoms with E-state index in [4.69, 9.17) is 4.74 Å². The fourth-order valence-corrected chi connectivity index (χ4v) is 1.56. The third kappa shape index (κ3) is 2.09. The number of benzene rings is 1. The molecule has 0 aliphatic rings. The molecule has 0 amide bonds. The monoisotopic (exact) mass is 252 g/mol. The summed E-state index contributed by atoms with van der Waals surface area (Å²) in [5.74, 6) is -1.89. The number of ketones is 1. The SMILES string of the molecule is COc1cc(C(=O)c2ccc(F)cc2F)nn1C. The summed E-state index contributed by atoms with van der Waals surface area (Å²) in [6.45, 7) is 0. The molecule has 2 aromatic rings. The van der Waals surface area contributed by atoms with E-state index in [0.29, 0.717) is 11.9 Å². The summed E-state index contributed by atoms with van der Waals surface area (Å²) in [5, 5.41) is 3.90. The first-order valence-corrected chi connectivity index (χ1v) is 5.10. The number of rotatable bonds is 3. The zero-order valence-electron chi connectivity index (χ0n) is 9.78. The zero-order valence-corrected chi connectivity index (χ0v) is 9.78. The minimum atomic E-state index is -0.912. The predicted octanol–water partition coefficient (Wildman–Crippen LogP) is 1.94. The number of aryl methyl sites for hydroxylation is 1. The van der Waals surface area contributed by atoms with Crippen LogP contribution < -0.4 is 4.74 Å². The van der Waals surface area contributed by atoms with E-state index in [2.05, 4.69) is 5.10 Å². The molecule has 0 atom stereocenters. The number of methoxy groups -OCH3 is 1. The summed E-state index contributed by atoms with van der Waals surface area (Å²) < 4.78 is 32.5. The lowest BCUT2D eigenvalue weighted by Crippen LogP contribution is -2.06. The van der Waals surface area contributed by atoms with Gasteiger partial charge < -0.3 is 4.74 Å². The lowest BCUT2D eigenvalue weighted by atomic mass is 10.1. The Morgan fingerprint density at radius 1 is 1.33 bits per heavy atom. The first-order chi connectivity index (χ1) is 8.52. The van der Waals surface area contributed by atoms with Crippen LogP contribution in [0.15, 0.2) is 24.3 Å². The minimum absolute atomic E-state index is 0.0415. The largest absolute Gasteiger partial charge is 0.481 e. The van der Waals surface area contributed by atoms with Crippen LogP contribution in [-0.4, -0.2) is 22.7 Å². The number of ether oxygens (including phenoxy) is 1. The normalized spacial score (nSPS) is 10.4. The van der Waals surface area contributed by atoms with Crippen molar-refractivity contribution in [3.8, 4) is 5.88 Å². The number of carbonyl (C=O) groups is 1. The van der Waals surface area contributed by atoms with Crippen molar-refractivity contribution in [1.82, 2.24) is 9.78 Å². The fraction of sp³-hybridized carbons (Fsp3) is 0.167. The average Bonchev–Trinajstić information content (AvgIpc) is 2.70. The maximum absolute atomic E-state index is 13.4. The third-order valence-electron chi connectivity index (χ3n) is 2.45. The second kappa shape index (κ2) is 4.56. The number of nitrogens with zero attached hydrogens (tertiary/aromatic N) is 2.